The minimum absolute atomic E-state index is 0.00343. The van der Waals surface area contributed by atoms with Gasteiger partial charge in [-0.2, -0.15) is 9.97 Å². The normalized spacial score (nSPS) is 21.3. The van der Waals surface area contributed by atoms with E-state index in [4.69, 9.17) is 19.1 Å². The van der Waals surface area contributed by atoms with E-state index in [1.807, 2.05) is 30.0 Å². The number of fused-ring (bicyclic) bond motifs is 5. The molecule has 0 spiro atoms. The molecule has 13 rings (SSSR count). The molecule has 3 atom stereocenters. The van der Waals surface area contributed by atoms with Crippen LogP contribution in [0.15, 0.2) is 76.3 Å². The largest absolute Gasteiger partial charge is 0.508 e. The van der Waals surface area contributed by atoms with E-state index >= 15 is 8.78 Å². The second-order valence-electron chi connectivity index (χ2n) is 23.0. The summed E-state index contributed by atoms with van der Waals surface area (Å²) in [6.07, 6.45) is 9.19. The molecule has 0 bridgehead atoms. The molecule has 5 aliphatic rings. The summed E-state index contributed by atoms with van der Waals surface area (Å²) in [6, 6.07) is 16.7. The van der Waals surface area contributed by atoms with Crippen LogP contribution in [-0.2, 0) is 34.3 Å². The quantitative estimate of drug-likeness (QED) is 0.0871. The third-order valence-electron chi connectivity index (χ3n) is 18.2. The maximum atomic E-state index is 17.3. The average molecular weight is 1120 g/mol. The fourth-order valence-corrected chi connectivity index (χ4v) is 13.8. The first-order valence-electron chi connectivity index (χ1n) is 28.7. The molecule has 22 heteroatoms. The van der Waals surface area contributed by atoms with Crippen LogP contribution in [0.1, 0.15) is 99.8 Å². The number of piperidine rings is 3. The van der Waals surface area contributed by atoms with Gasteiger partial charge in [-0.3, -0.25) is 33.9 Å². The number of aromatic hydroxyl groups is 1. The number of nitrogens with one attached hydrogen (secondary N) is 2. The number of hydrogen-bond donors (Lipinski definition) is 3. The van der Waals surface area contributed by atoms with Crippen LogP contribution in [0.2, 0.25) is 0 Å². The van der Waals surface area contributed by atoms with Crippen LogP contribution in [-0.4, -0.2) is 136 Å². The number of halogens is 2. The Balaban J connectivity index is 0.634. The number of carbonyl (C=O) groups is 3. The molecule has 82 heavy (non-hydrogen) atoms. The number of phenols is 1. The highest BCUT2D eigenvalue weighted by molar-refractivity contribution is 6.02. The molecule has 4 aromatic heterocycles. The van der Waals surface area contributed by atoms with Crippen LogP contribution in [0.3, 0.4) is 0 Å². The Bertz CT molecular complexity index is 3890. The molecule has 0 saturated carbocycles. The van der Waals surface area contributed by atoms with Crippen molar-refractivity contribution in [3.63, 3.8) is 0 Å². The van der Waals surface area contributed by atoms with Crippen molar-refractivity contribution >= 4 is 67.5 Å². The maximum Gasteiger partial charge on any atom is 0.409 e. The van der Waals surface area contributed by atoms with E-state index in [1.165, 1.54) is 34.5 Å². The Morgan fingerprint density at radius 3 is 2.55 bits per heavy atom. The number of nitrogens with zero attached hydrogens (tertiary/aromatic N) is 10. The third-order valence-corrected chi connectivity index (χ3v) is 18.2. The fraction of sp³-hybridized carbons (Fsp3) is 0.450. The zero-order valence-corrected chi connectivity index (χ0v) is 45.8. The van der Waals surface area contributed by atoms with Crippen molar-refractivity contribution in [1.29, 1.82) is 0 Å². The first-order chi connectivity index (χ1) is 39.8. The number of aromatic nitrogens is 7. The Morgan fingerprint density at radius 1 is 0.902 bits per heavy atom. The highest BCUT2D eigenvalue weighted by atomic mass is 19.1. The van der Waals surface area contributed by atoms with E-state index in [2.05, 4.69) is 52.8 Å². The standard InChI is InChI=1S/C60H64F2N12O8/c1-3-41-44(61)8-6-38-26-40(75)28-42(51(38)41)53-52(62)54-43(30-63-53)55(64-29-35-5-9-45-46(25-35)69-82-68-45)67-57(66-54)81-33-60-18-4-20-73(60)39(13-19-60)32-80-59(79)72-23-14-34(15-24-72)31-71-21-16-36(17-22-71)37-7-10-47-49(27-37)70(2)58(78)74(47)48-11-12-50(76)65-56(48)77/h5-10,25-28,30,34,36,39,48,75H,3-4,11-24,29,31-33H2,1-2H3,(H,64,66,67)(H,65,76,77)/t39-,48?,60-/m0/s1. The molecule has 8 aromatic rings. The number of ether oxygens (including phenoxy) is 2. The smallest absolute Gasteiger partial charge is 0.409 e. The van der Waals surface area contributed by atoms with Gasteiger partial charge < -0.3 is 29.7 Å². The predicted octanol–water partition coefficient (Wildman–Crippen LogP) is 8.27. The van der Waals surface area contributed by atoms with Crippen molar-refractivity contribution in [3.05, 3.63) is 106 Å². The van der Waals surface area contributed by atoms with Crippen LogP contribution in [0.25, 0.3) is 55.0 Å². The summed E-state index contributed by atoms with van der Waals surface area (Å²) in [7, 11) is 1.73. The lowest BCUT2D eigenvalue weighted by atomic mass is 9.88. The van der Waals surface area contributed by atoms with Gasteiger partial charge in [-0.1, -0.05) is 25.1 Å². The number of carbonyl (C=O) groups excluding carboxylic acids is 3. The number of aryl methyl sites for hydroxylation is 2. The fourth-order valence-electron chi connectivity index (χ4n) is 13.8. The van der Waals surface area contributed by atoms with Gasteiger partial charge in [0.05, 0.1) is 22.0 Å². The number of imidazole rings is 1. The molecular formula is C60H64F2N12O8. The molecular weight excluding hydrogens is 1050 g/mol. The molecule has 9 heterocycles. The Hall–Kier alpha value is -8.11. The summed E-state index contributed by atoms with van der Waals surface area (Å²) < 4.78 is 53.2. The average Bonchev–Trinajstić information content (AvgIpc) is 4.40. The van der Waals surface area contributed by atoms with Gasteiger partial charge in [0.15, 0.2) is 5.82 Å². The number of hydrogen-bond acceptors (Lipinski definition) is 16. The number of rotatable bonds is 14. The lowest BCUT2D eigenvalue weighted by Gasteiger charge is -2.38. The minimum Gasteiger partial charge on any atom is -0.508 e. The summed E-state index contributed by atoms with van der Waals surface area (Å²) in [5.41, 5.74) is 4.48. The first-order valence-corrected chi connectivity index (χ1v) is 28.7. The first kappa shape index (κ1) is 53.2. The number of phenolic OH excluding ortho intramolecular Hbond substituents is 1. The van der Waals surface area contributed by atoms with Crippen molar-refractivity contribution < 1.29 is 42.4 Å². The van der Waals surface area contributed by atoms with E-state index in [-0.39, 0.29) is 89.8 Å². The Morgan fingerprint density at radius 2 is 1.73 bits per heavy atom. The molecule has 1 unspecified atom stereocenters. The van der Waals surface area contributed by atoms with Crippen LogP contribution >= 0.6 is 0 Å². The van der Waals surface area contributed by atoms with Gasteiger partial charge in [0.1, 0.15) is 58.9 Å². The summed E-state index contributed by atoms with van der Waals surface area (Å²) in [4.78, 5) is 72.3. The Kier molecular flexibility index (Phi) is 14.1. The molecule has 5 fully saturated rings. The van der Waals surface area contributed by atoms with Crippen molar-refractivity contribution in [2.75, 3.05) is 57.8 Å². The summed E-state index contributed by atoms with van der Waals surface area (Å²) in [5, 5.41) is 25.7. The molecule has 0 aliphatic carbocycles. The zero-order chi connectivity index (χ0) is 56.4. The van der Waals surface area contributed by atoms with Gasteiger partial charge in [-0.15, -0.1) is 0 Å². The predicted molar refractivity (Wildman–Crippen MR) is 300 cm³/mol. The van der Waals surface area contributed by atoms with Crippen molar-refractivity contribution in [2.45, 2.75) is 108 Å². The highest BCUT2D eigenvalue weighted by Crippen LogP contribution is 2.44. The topological polar surface area (TPSA) is 228 Å². The number of benzene rings is 4. The monoisotopic (exact) mass is 1120 g/mol. The van der Waals surface area contributed by atoms with Gasteiger partial charge in [0, 0.05) is 57.4 Å². The molecule has 4 aromatic carbocycles. The Labute approximate surface area is 469 Å². The van der Waals surface area contributed by atoms with Gasteiger partial charge in [0.25, 0.3) is 0 Å². The molecule has 426 valence electrons. The number of anilines is 1. The number of imide groups is 1. The molecule has 3 N–H and O–H groups in total. The van der Waals surface area contributed by atoms with Crippen LogP contribution in [0.4, 0.5) is 19.4 Å². The van der Waals surface area contributed by atoms with Gasteiger partial charge >= 0.3 is 17.8 Å². The molecule has 5 saturated heterocycles. The van der Waals surface area contributed by atoms with Gasteiger partial charge in [0.2, 0.25) is 11.8 Å². The summed E-state index contributed by atoms with van der Waals surface area (Å²) in [5.74, 6) is -0.990. The van der Waals surface area contributed by atoms with Crippen LogP contribution in [0, 0.1) is 17.6 Å². The maximum absolute atomic E-state index is 17.3. The number of pyridine rings is 1. The van der Waals surface area contributed by atoms with Gasteiger partial charge in [-0.05, 0) is 176 Å². The zero-order valence-electron chi connectivity index (χ0n) is 45.8. The van der Waals surface area contributed by atoms with Crippen LogP contribution in [0.5, 0.6) is 11.8 Å². The second kappa shape index (κ2) is 21.7. The van der Waals surface area contributed by atoms with E-state index in [1.54, 1.807) is 23.7 Å². The lowest BCUT2D eigenvalue weighted by Crippen LogP contribution is -2.48. The molecule has 0 radical (unpaired) electrons. The minimum atomic E-state index is -0.781. The number of likely N-dealkylation sites (tertiary alicyclic amines) is 2. The van der Waals surface area contributed by atoms with Gasteiger partial charge in [-0.25, -0.2) is 23.0 Å². The van der Waals surface area contributed by atoms with E-state index in [9.17, 15) is 24.3 Å². The molecule has 20 nitrogen and oxygen atoms in total. The van der Waals surface area contributed by atoms with E-state index in [0.29, 0.717) is 76.0 Å². The summed E-state index contributed by atoms with van der Waals surface area (Å²) >= 11 is 0. The molecule has 3 amide bonds. The van der Waals surface area contributed by atoms with Crippen LogP contribution < -0.4 is 21.1 Å². The van der Waals surface area contributed by atoms with Crippen molar-refractivity contribution in [3.8, 4) is 23.0 Å². The molecule has 5 aliphatic heterocycles. The van der Waals surface area contributed by atoms with Crippen molar-refractivity contribution in [1.82, 2.24) is 54.4 Å². The third kappa shape index (κ3) is 9.81. The van der Waals surface area contributed by atoms with E-state index < -0.39 is 23.6 Å². The lowest BCUT2D eigenvalue weighted by molar-refractivity contribution is -0.135. The second-order valence-corrected chi connectivity index (χ2v) is 23.0. The number of amides is 3. The highest BCUT2D eigenvalue weighted by Gasteiger charge is 2.50. The van der Waals surface area contributed by atoms with Crippen molar-refractivity contribution in [2.24, 2.45) is 13.0 Å². The van der Waals surface area contributed by atoms with E-state index in [0.717, 1.165) is 88.6 Å². The summed E-state index contributed by atoms with van der Waals surface area (Å²) in [6.45, 7) is 7.56. The SMILES string of the molecule is CCc1c(F)ccc2cc(O)cc(-c3ncc4c(NCc5ccc6nonc6c5)nc(OC[C@@]56CCCN5[C@H](COC(=O)N5CCC(CN7CCC(c8ccc9c(c8)n(C)c(=O)n9C8CCC(=O)NC8=O)CC7)CC5)CC6)nc4c3F)c12.